The summed E-state index contributed by atoms with van der Waals surface area (Å²) in [5.74, 6) is 1.79. The quantitative estimate of drug-likeness (QED) is 0.904. The van der Waals surface area contributed by atoms with Gasteiger partial charge in [0, 0.05) is 25.5 Å². The fourth-order valence-corrected chi connectivity index (χ4v) is 3.03. The molecule has 5 nitrogen and oxygen atoms in total. The van der Waals surface area contributed by atoms with E-state index in [-0.39, 0.29) is 0 Å². The summed E-state index contributed by atoms with van der Waals surface area (Å²) in [6.45, 7) is 6.65. The van der Waals surface area contributed by atoms with Crippen LogP contribution in [-0.4, -0.2) is 40.8 Å². The molecule has 0 aromatic carbocycles. The third-order valence-electron chi connectivity index (χ3n) is 3.97. The molecule has 1 N–H and O–H groups in total. The number of nitrogens with one attached hydrogen (secondary N) is 1. The Kier molecular flexibility index (Phi) is 4.16. The highest BCUT2D eigenvalue weighted by molar-refractivity contribution is 5.68. The summed E-state index contributed by atoms with van der Waals surface area (Å²) >= 11 is 0. The molecular weight excluding hydrogens is 250 g/mol. The summed E-state index contributed by atoms with van der Waals surface area (Å²) in [6, 6.07) is 2.05. The predicted molar refractivity (Wildman–Crippen MR) is 81.1 cm³/mol. The zero-order valence-corrected chi connectivity index (χ0v) is 12.1. The Morgan fingerprint density at radius 1 is 1.45 bits per heavy atom. The zero-order chi connectivity index (χ0) is 13.8. The van der Waals surface area contributed by atoms with E-state index in [0.717, 1.165) is 43.3 Å². The smallest absolute Gasteiger partial charge is 0.154 e. The van der Waals surface area contributed by atoms with Crippen molar-refractivity contribution in [3.8, 4) is 0 Å². The van der Waals surface area contributed by atoms with Crippen molar-refractivity contribution in [3.63, 3.8) is 0 Å². The first kappa shape index (κ1) is 13.4. The first-order valence-electron chi connectivity index (χ1n) is 7.62. The fourth-order valence-electron chi connectivity index (χ4n) is 3.03. The van der Waals surface area contributed by atoms with Gasteiger partial charge in [-0.25, -0.2) is 9.50 Å². The van der Waals surface area contributed by atoms with Crippen molar-refractivity contribution >= 4 is 11.3 Å². The first-order valence-corrected chi connectivity index (χ1v) is 7.62. The largest absolute Gasteiger partial charge is 0.355 e. The second kappa shape index (κ2) is 6.22. The Hall–Kier alpha value is -1.62. The van der Waals surface area contributed by atoms with Crippen LogP contribution < -0.4 is 10.2 Å². The summed E-state index contributed by atoms with van der Waals surface area (Å²) in [5, 5.41) is 7.81. The Bertz CT molecular complexity index is 544. The van der Waals surface area contributed by atoms with Crippen molar-refractivity contribution in [2.24, 2.45) is 5.92 Å². The van der Waals surface area contributed by atoms with Gasteiger partial charge in [-0.3, -0.25) is 0 Å². The lowest BCUT2D eigenvalue weighted by Crippen LogP contribution is -2.39. The van der Waals surface area contributed by atoms with Crippen LogP contribution >= 0.6 is 0 Å². The highest BCUT2D eigenvalue weighted by Crippen LogP contribution is 2.21. The van der Waals surface area contributed by atoms with Gasteiger partial charge in [-0.05, 0) is 44.3 Å². The molecule has 108 valence electrons. The highest BCUT2D eigenvalue weighted by Gasteiger charge is 2.19. The van der Waals surface area contributed by atoms with Crippen LogP contribution in [0.2, 0.25) is 0 Å². The highest BCUT2D eigenvalue weighted by atomic mass is 15.3. The molecule has 2 aromatic heterocycles. The van der Waals surface area contributed by atoms with Crippen LogP contribution in [0.3, 0.4) is 0 Å². The molecule has 0 radical (unpaired) electrons. The van der Waals surface area contributed by atoms with Crippen LogP contribution in [-0.2, 0) is 0 Å². The van der Waals surface area contributed by atoms with E-state index in [1.807, 2.05) is 29.2 Å². The van der Waals surface area contributed by atoms with Gasteiger partial charge in [0.25, 0.3) is 0 Å². The lowest BCUT2D eigenvalue weighted by Gasteiger charge is -2.31. The van der Waals surface area contributed by atoms with E-state index in [2.05, 4.69) is 27.2 Å². The van der Waals surface area contributed by atoms with Gasteiger partial charge in [0.15, 0.2) is 5.82 Å². The second-order valence-electron chi connectivity index (χ2n) is 5.57. The molecule has 20 heavy (non-hydrogen) atoms. The summed E-state index contributed by atoms with van der Waals surface area (Å²) in [7, 11) is 0. The van der Waals surface area contributed by atoms with E-state index < -0.39 is 0 Å². The maximum Gasteiger partial charge on any atom is 0.154 e. The lowest BCUT2D eigenvalue weighted by atomic mass is 9.99. The topological polar surface area (TPSA) is 45.5 Å². The Labute approximate surface area is 120 Å². The Morgan fingerprint density at radius 2 is 2.40 bits per heavy atom. The van der Waals surface area contributed by atoms with Crippen LogP contribution in [0.1, 0.15) is 26.2 Å². The Morgan fingerprint density at radius 3 is 3.20 bits per heavy atom. The maximum absolute atomic E-state index is 4.61. The summed E-state index contributed by atoms with van der Waals surface area (Å²) in [4.78, 5) is 7.03. The fraction of sp³-hybridized carbons (Fsp3) is 0.600. The molecule has 3 rings (SSSR count). The number of hydrogen-bond donors (Lipinski definition) is 1. The third-order valence-corrected chi connectivity index (χ3v) is 3.97. The SMILES string of the molecule is CCCN(CC1CCCNC1)c1nccn2nccc12. The molecule has 1 aliphatic heterocycles. The van der Waals surface area contributed by atoms with Crippen molar-refractivity contribution in [2.75, 3.05) is 31.1 Å². The minimum Gasteiger partial charge on any atom is -0.355 e. The molecular formula is C15H23N5. The van der Waals surface area contributed by atoms with Crippen molar-refractivity contribution < 1.29 is 0 Å². The number of anilines is 1. The van der Waals surface area contributed by atoms with Crippen LogP contribution in [0, 0.1) is 5.92 Å². The average molecular weight is 273 g/mol. The lowest BCUT2D eigenvalue weighted by molar-refractivity contribution is 0.376. The molecule has 0 amide bonds. The number of nitrogens with zero attached hydrogens (tertiary/aromatic N) is 4. The molecule has 0 bridgehead atoms. The molecule has 1 atom stereocenters. The summed E-state index contributed by atoms with van der Waals surface area (Å²) in [6.07, 6.45) is 9.33. The average Bonchev–Trinajstić information content (AvgIpc) is 2.96. The van der Waals surface area contributed by atoms with Crippen molar-refractivity contribution in [3.05, 3.63) is 24.7 Å². The number of hydrogen-bond acceptors (Lipinski definition) is 4. The monoisotopic (exact) mass is 273 g/mol. The predicted octanol–water partition coefficient (Wildman–Crippen LogP) is 1.95. The molecule has 0 saturated carbocycles. The molecule has 5 heteroatoms. The molecule has 1 aliphatic rings. The third kappa shape index (κ3) is 2.77. The zero-order valence-electron chi connectivity index (χ0n) is 12.1. The van der Waals surface area contributed by atoms with Crippen molar-refractivity contribution in [2.45, 2.75) is 26.2 Å². The van der Waals surface area contributed by atoms with E-state index in [4.69, 9.17) is 0 Å². The van der Waals surface area contributed by atoms with Gasteiger partial charge in [0.2, 0.25) is 0 Å². The van der Waals surface area contributed by atoms with E-state index in [9.17, 15) is 0 Å². The van der Waals surface area contributed by atoms with Crippen molar-refractivity contribution in [1.82, 2.24) is 19.9 Å². The maximum atomic E-state index is 4.61. The number of piperidine rings is 1. The molecule has 2 aromatic rings. The van der Waals surface area contributed by atoms with Gasteiger partial charge >= 0.3 is 0 Å². The minimum absolute atomic E-state index is 0.722. The second-order valence-corrected chi connectivity index (χ2v) is 5.57. The number of rotatable bonds is 5. The molecule has 0 spiro atoms. The van der Waals surface area contributed by atoms with Crippen LogP contribution in [0.4, 0.5) is 5.82 Å². The minimum atomic E-state index is 0.722. The van der Waals surface area contributed by atoms with Crippen LogP contribution in [0.25, 0.3) is 5.52 Å². The van der Waals surface area contributed by atoms with Crippen molar-refractivity contribution in [1.29, 1.82) is 0 Å². The number of aromatic nitrogens is 3. The van der Waals surface area contributed by atoms with E-state index in [1.165, 1.54) is 19.4 Å². The van der Waals surface area contributed by atoms with Gasteiger partial charge in [-0.1, -0.05) is 6.92 Å². The van der Waals surface area contributed by atoms with E-state index in [0.29, 0.717) is 0 Å². The summed E-state index contributed by atoms with van der Waals surface area (Å²) < 4.78 is 1.91. The van der Waals surface area contributed by atoms with Gasteiger partial charge in [-0.2, -0.15) is 5.10 Å². The molecule has 0 aliphatic carbocycles. The molecule has 1 unspecified atom stereocenters. The molecule has 1 fully saturated rings. The van der Waals surface area contributed by atoms with Gasteiger partial charge in [-0.15, -0.1) is 0 Å². The Balaban J connectivity index is 1.83. The van der Waals surface area contributed by atoms with E-state index in [1.54, 1.807) is 0 Å². The van der Waals surface area contributed by atoms with Gasteiger partial charge in [0.05, 0.1) is 6.20 Å². The van der Waals surface area contributed by atoms with Crippen LogP contribution in [0.15, 0.2) is 24.7 Å². The standard InChI is InChI=1S/C15H23N5/c1-2-9-19(12-13-4-3-6-16-11-13)15-14-5-7-18-20(14)10-8-17-15/h5,7-8,10,13,16H,2-4,6,9,11-12H2,1H3. The van der Waals surface area contributed by atoms with Crippen LogP contribution in [0.5, 0.6) is 0 Å². The van der Waals surface area contributed by atoms with E-state index >= 15 is 0 Å². The molecule has 3 heterocycles. The molecule has 1 saturated heterocycles. The van der Waals surface area contributed by atoms with Gasteiger partial charge in [0.1, 0.15) is 5.52 Å². The van der Waals surface area contributed by atoms with Gasteiger partial charge < -0.3 is 10.2 Å². The first-order chi connectivity index (χ1) is 9.88. The normalized spacial score (nSPS) is 19.4. The number of fused-ring (bicyclic) bond motifs is 1. The summed E-state index contributed by atoms with van der Waals surface area (Å²) in [5.41, 5.74) is 1.10.